The molecule has 1 rings (SSSR count). The summed E-state index contributed by atoms with van der Waals surface area (Å²) in [5, 5.41) is 9.04. The number of carbonyl (C=O) groups is 1. The monoisotopic (exact) mass is 249 g/mol. The zero-order valence-electron chi connectivity index (χ0n) is 10.7. The number of benzene rings is 1. The van der Waals surface area contributed by atoms with E-state index >= 15 is 0 Å². The zero-order chi connectivity index (χ0) is 13.8. The lowest BCUT2D eigenvalue weighted by molar-refractivity contribution is -0.154. The molecule has 0 amide bonds. The lowest BCUT2D eigenvalue weighted by Crippen LogP contribution is -2.24. The van der Waals surface area contributed by atoms with Gasteiger partial charge in [0.2, 0.25) is 0 Å². The predicted molar refractivity (Wildman–Crippen MR) is 65.2 cm³/mol. The molecule has 1 unspecified atom stereocenters. The Balaban J connectivity index is 2.72. The van der Waals surface area contributed by atoms with Gasteiger partial charge >= 0.3 is 5.97 Å². The summed E-state index contributed by atoms with van der Waals surface area (Å²) in [6.07, 6.45) is -0.0284. The summed E-state index contributed by atoms with van der Waals surface area (Å²) in [7, 11) is 0. The lowest BCUT2D eigenvalue weighted by atomic mass is 9.97. The minimum Gasteiger partial charge on any atom is -0.460 e. The molecule has 0 spiro atoms. The number of ether oxygens (including phenoxy) is 1. The highest BCUT2D eigenvalue weighted by Crippen LogP contribution is 2.21. The van der Waals surface area contributed by atoms with Crippen molar-refractivity contribution < 1.29 is 13.9 Å². The van der Waals surface area contributed by atoms with E-state index in [2.05, 4.69) is 0 Å². The summed E-state index contributed by atoms with van der Waals surface area (Å²) >= 11 is 0. The van der Waals surface area contributed by atoms with Crippen molar-refractivity contribution in [2.24, 2.45) is 0 Å². The quantitative estimate of drug-likeness (QED) is 0.773. The molecule has 18 heavy (non-hydrogen) atoms. The molecule has 0 saturated heterocycles. The Hall–Kier alpha value is -1.89. The molecule has 0 radical (unpaired) electrons. The smallest absolute Gasteiger partial charge is 0.307 e. The maximum Gasteiger partial charge on any atom is 0.307 e. The van der Waals surface area contributed by atoms with Gasteiger partial charge in [-0.15, -0.1) is 0 Å². The Kier molecular flexibility index (Phi) is 4.43. The maximum atomic E-state index is 12.8. The van der Waals surface area contributed by atoms with Crippen LogP contribution in [0.4, 0.5) is 4.39 Å². The van der Waals surface area contributed by atoms with E-state index in [1.165, 1.54) is 24.3 Å². The number of nitriles is 1. The Morgan fingerprint density at radius 3 is 2.39 bits per heavy atom. The van der Waals surface area contributed by atoms with Crippen LogP contribution in [0.5, 0.6) is 0 Å². The molecule has 1 aromatic rings. The van der Waals surface area contributed by atoms with E-state index in [4.69, 9.17) is 10.00 Å². The Bertz CT molecular complexity index is 454. The molecular weight excluding hydrogens is 233 g/mol. The minimum atomic E-state index is -0.611. The van der Waals surface area contributed by atoms with Crippen LogP contribution in [0.1, 0.15) is 38.7 Å². The number of carbonyl (C=O) groups excluding carboxylic acids is 1. The second kappa shape index (κ2) is 5.63. The van der Waals surface area contributed by atoms with Crippen molar-refractivity contribution in [3.63, 3.8) is 0 Å². The second-order valence-corrected chi connectivity index (χ2v) is 5.02. The fourth-order valence-electron chi connectivity index (χ4n) is 1.48. The van der Waals surface area contributed by atoms with Gasteiger partial charge in [0.05, 0.1) is 18.4 Å². The molecule has 0 aliphatic rings. The van der Waals surface area contributed by atoms with Crippen molar-refractivity contribution in [1.82, 2.24) is 0 Å². The molecule has 1 aromatic carbocycles. The molecule has 1 atom stereocenters. The molecule has 4 heteroatoms. The maximum absolute atomic E-state index is 12.8. The highest BCUT2D eigenvalue weighted by atomic mass is 19.1. The van der Waals surface area contributed by atoms with Gasteiger partial charge in [-0.05, 0) is 38.5 Å². The first-order valence-electron chi connectivity index (χ1n) is 5.69. The van der Waals surface area contributed by atoms with Crippen LogP contribution in [-0.2, 0) is 9.53 Å². The highest BCUT2D eigenvalue weighted by molar-refractivity contribution is 5.71. The van der Waals surface area contributed by atoms with Crippen LogP contribution in [-0.4, -0.2) is 11.6 Å². The first kappa shape index (κ1) is 14.2. The molecule has 3 nitrogen and oxygen atoms in total. The van der Waals surface area contributed by atoms with Crippen molar-refractivity contribution in [2.75, 3.05) is 0 Å². The molecular formula is C14H16FNO2. The van der Waals surface area contributed by atoms with Gasteiger partial charge in [0.15, 0.2) is 0 Å². The van der Waals surface area contributed by atoms with Gasteiger partial charge in [-0.1, -0.05) is 12.1 Å². The Labute approximate surface area is 106 Å². The second-order valence-electron chi connectivity index (χ2n) is 5.02. The van der Waals surface area contributed by atoms with Crippen molar-refractivity contribution in [1.29, 1.82) is 5.26 Å². The molecule has 0 aromatic heterocycles. The fourth-order valence-corrected chi connectivity index (χ4v) is 1.48. The van der Waals surface area contributed by atoms with Crippen LogP contribution >= 0.6 is 0 Å². The third-order valence-electron chi connectivity index (χ3n) is 2.22. The van der Waals surface area contributed by atoms with Crippen LogP contribution < -0.4 is 0 Å². The van der Waals surface area contributed by atoms with Gasteiger partial charge in [0.25, 0.3) is 0 Å². The Morgan fingerprint density at radius 1 is 1.39 bits per heavy atom. The number of hydrogen-bond donors (Lipinski definition) is 0. The van der Waals surface area contributed by atoms with E-state index < -0.39 is 17.5 Å². The van der Waals surface area contributed by atoms with Crippen molar-refractivity contribution in [3.8, 4) is 6.07 Å². The summed E-state index contributed by atoms with van der Waals surface area (Å²) in [5.74, 6) is -1.41. The van der Waals surface area contributed by atoms with Crippen LogP contribution in [0, 0.1) is 17.1 Å². The van der Waals surface area contributed by atoms with Crippen molar-refractivity contribution in [2.45, 2.75) is 38.7 Å². The molecule has 0 N–H and O–H groups in total. The third kappa shape index (κ3) is 4.54. The van der Waals surface area contributed by atoms with E-state index in [1.807, 2.05) is 6.07 Å². The molecule has 0 saturated carbocycles. The standard InChI is InChI=1S/C14H16FNO2/c1-14(2,3)18-13(17)8-11(9-16)10-4-6-12(15)7-5-10/h4-7,11H,8H2,1-3H3. The van der Waals surface area contributed by atoms with Crippen LogP contribution in [0.2, 0.25) is 0 Å². The normalized spacial score (nSPS) is 12.6. The van der Waals surface area contributed by atoms with Gasteiger partial charge in [-0.3, -0.25) is 4.79 Å². The summed E-state index contributed by atoms with van der Waals surface area (Å²) in [6, 6.07) is 7.59. The first-order chi connectivity index (χ1) is 8.31. The Morgan fingerprint density at radius 2 is 1.94 bits per heavy atom. The molecule has 0 aliphatic heterocycles. The average molecular weight is 249 g/mol. The van der Waals surface area contributed by atoms with Gasteiger partial charge < -0.3 is 4.74 Å². The largest absolute Gasteiger partial charge is 0.460 e. The van der Waals surface area contributed by atoms with Gasteiger partial charge in [-0.2, -0.15) is 5.26 Å². The summed E-state index contributed by atoms with van der Waals surface area (Å²) in [4.78, 5) is 11.6. The average Bonchev–Trinajstić information content (AvgIpc) is 2.25. The molecule has 0 aliphatic carbocycles. The number of halogens is 1. The zero-order valence-corrected chi connectivity index (χ0v) is 10.7. The minimum absolute atomic E-state index is 0.0284. The predicted octanol–water partition coefficient (Wildman–Crippen LogP) is 3.16. The van der Waals surface area contributed by atoms with Crippen molar-refractivity contribution in [3.05, 3.63) is 35.6 Å². The highest BCUT2D eigenvalue weighted by Gasteiger charge is 2.21. The topological polar surface area (TPSA) is 50.1 Å². The van der Waals surface area contributed by atoms with Crippen LogP contribution in [0.25, 0.3) is 0 Å². The molecule has 0 bridgehead atoms. The van der Waals surface area contributed by atoms with E-state index in [0.717, 1.165) is 0 Å². The van der Waals surface area contributed by atoms with Gasteiger partial charge in [0, 0.05) is 0 Å². The molecule has 0 heterocycles. The van der Waals surface area contributed by atoms with Gasteiger partial charge in [0.1, 0.15) is 11.4 Å². The van der Waals surface area contributed by atoms with E-state index in [9.17, 15) is 9.18 Å². The lowest BCUT2D eigenvalue weighted by Gasteiger charge is -2.20. The first-order valence-corrected chi connectivity index (χ1v) is 5.69. The number of esters is 1. The summed E-state index contributed by atoms with van der Waals surface area (Å²) in [5.41, 5.74) is 0.0460. The SMILES string of the molecule is CC(C)(C)OC(=O)CC(C#N)c1ccc(F)cc1. The van der Waals surface area contributed by atoms with Crippen LogP contribution in [0.15, 0.2) is 24.3 Å². The molecule has 0 fully saturated rings. The van der Waals surface area contributed by atoms with Crippen molar-refractivity contribution >= 4 is 5.97 Å². The van der Waals surface area contributed by atoms with E-state index in [0.29, 0.717) is 5.56 Å². The van der Waals surface area contributed by atoms with Crippen LogP contribution in [0.3, 0.4) is 0 Å². The number of hydrogen-bond acceptors (Lipinski definition) is 3. The van der Waals surface area contributed by atoms with E-state index in [1.54, 1.807) is 20.8 Å². The summed E-state index contributed by atoms with van der Waals surface area (Å²) < 4.78 is 17.9. The fraction of sp³-hybridized carbons (Fsp3) is 0.429. The van der Waals surface area contributed by atoms with Gasteiger partial charge in [-0.25, -0.2) is 4.39 Å². The summed E-state index contributed by atoms with van der Waals surface area (Å²) in [6.45, 7) is 5.30. The molecule has 96 valence electrons. The third-order valence-corrected chi connectivity index (χ3v) is 2.22. The number of nitrogens with zero attached hydrogens (tertiary/aromatic N) is 1. The number of rotatable bonds is 3. The van der Waals surface area contributed by atoms with E-state index in [-0.39, 0.29) is 12.2 Å².